The summed E-state index contributed by atoms with van der Waals surface area (Å²) in [7, 11) is 0. The maximum absolute atomic E-state index is 12.3. The lowest BCUT2D eigenvalue weighted by molar-refractivity contribution is 0.262. The van der Waals surface area contributed by atoms with Gasteiger partial charge in [0.2, 0.25) is 0 Å². The van der Waals surface area contributed by atoms with E-state index in [1.54, 1.807) is 10.9 Å². The van der Waals surface area contributed by atoms with Crippen LogP contribution in [0.5, 0.6) is 0 Å². The Morgan fingerprint density at radius 2 is 2.26 bits per heavy atom. The molecular formula is C14H22ClN3O. The van der Waals surface area contributed by atoms with E-state index in [1.807, 2.05) is 0 Å². The fourth-order valence-electron chi connectivity index (χ4n) is 2.27. The Kier molecular flexibility index (Phi) is 5.25. The summed E-state index contributed by atoms with van der Waals surface area (Å²) in [6.45, 7) is 3.67. The average Bonchev–Trinajstić information content (AvgIpc) is 2.35. The van der Waals surface area contributed by atoms with E-state index >= 15 is 0 Å². The molecule has 1 N–H and O–H groups in total. The Labute approximate surface area is 119 Å². The number of hydrogen-bond acceptors (Lipinski definition) is 3. The van der Waals surface area contributed by atoms with Crippen LogP contribution in [0.4, 0.5) is 5.69 Å². The number of nitrogens with one attached hydrogen (secondary N) is 1. The Balaban J connectivity index is 2.03. The molecule has 1 fully saturated rings. The van der Waals surface area contributed by atoms with Crippen LogP contribution in [0, 0.1) is 5.92 Å². The first kappa shape index (κ1) is 14.4. The predicted molar refractivity (Wildman–Crippen MR) is 78.9 cm³/mol. The molecule has 1 aromatic heterocycles. The van der Waals surface area contributed by atoms with Crippen molar-refractivity contribution in [2.75, 3.05) is 11.9 Å². The van der Waals surface area contributed by atoms with Crippen molar-refractivity contribution in [3.05, 3.63) is 21.6 Å². The van der Waals surface area contributed by atoms with Gasteiger partial charge in [0.25, 0.3) is 5.56 Å². The molecule has 106 valence electrons. The molecule has 1 aliphatic carbocycles. The van der Waals surface area contributed by atoms with Gasteiger partial charge in [0.05, 0.1) is 11.2 Å². The molecule has 0 aromatic carbocycles. The van der Waals surface area contributed by atoms with Gasteiger partial charge in [-0.3, -0.25) is 4.79 Å². The zero-order valence-corrected chi connectivity index (χ0v) is 12.2. The van der Waals surface area contributed by atoms with Crippen LogP contribution in [0.1, 0.15) is 45.4 Å². The van der Waals surface area contributed by atoms with Crippen molar-refractivity contribution >= 4 is 17.3 Å². The Bertz CT molecular complexity index is 468. The van der Waals surface area contributed by atoms with Crippen LogP contribution in [-0.2, 0) is 6.54 Å². The van der Waals surface area contributed by atoms with Crippen LogP contribution < -0.4 is 10.9 Å². The molecule has 19 heavy (non-hydrogen) atoms. The summed E-state index contributed by atoms with van der Waals surface area (Å²) in [5, 5.41) is 7.72. The highest BCUT2D eigenvalue weighted by atomic mass is 35.5. The highest BCUT2D eigenvalue weighted by Gasteiger charge is 2.20. The SMILES string of the molecule is CCCCCNc1c(Cl)cnn(CC2CCC2)c1=O. The number of hydrogen-bond donors (Lipinski definition) is 1. The van der Waals surface area contributed by atoms with E-state index in [1.165, 1.54) is 19.3 Å². The average molecular weight is 284 g/mol. The smallest absolute Gasteiger partial charge is 0.291 e. The molecule has 0 bridgehead atoms. The fourth-order valence-corrected chi connectivity index (χ4v) is 2.46. The predicted octanol–water partition coefficient (Wildman–Crippen LogP) is 3.30. The van der Waals surface area contributed by atoms with Crippen LogP contribution in [0.2, 0.25) is 5.02 Å². The molecule has 0 amide bonds. The summed E-state index contributed by atoms with van der Waals surface area (Å²) in [6, 6.07) is 0. The number of halogens is 1. The molecule has 0 spiro atoms. The molecule has 0 radical (unpaired) electrons. The molecule has 0 aliphatic heterocycles. The first-order valence-corrected chi connectivity index (χ1v) is 7.59. The molecule has 1 saturated carbocycles. The van der Waals surface area contributed by atoms with Crippen molar-refractivity contribution in [3.63, 3.8) is 0 Å². The summed E-state index contributed by atoms with van der Waals surface area (Å²) in [4.78, 5) is 12.3. The number of unbranched alkanes of at least 4 members (excludes halogenated alkanes) is 2. The van der Waals surface area contributed by atoms with Gasteiger partial charge in [-0.05, 0) is 25.2 Å². The van der Waals surface area contributed by atoms with Gasteiger partial charge >= 0.3 is 0 Å². The van der Waals surface area contributed by atoms with Crippen LogP contribution in [0.25, 0.3) is 0 Å². The van der Waals surface area contributed by atoms with Gasteiger partial charge < -0.3 is 5.32 Å². The molecule has 1 heterocycles. The number of aromatic nitrogens is 2. The molecule has 5 heteroatoms. The molecule has 1 aromatic rings. The maximum Gasteiger partial charge on any atom is 0.291 e. The molecule has 0 unspecified atom stereocenters. The second kappa shape index (κ2) is 6.94. The largest absolute Gasteiger partial charge is 0.379 e. The zero-order valence-electron chi connectivity index (χ0n) is 11.5. The van der Waals surface area contributed by atoms with Gasteiger partial charge in [-0.2, -0.15) is 5.10 Å². The van der Waals surface area contributed by atoms with Crippen LogP contribution in [0.15, 0.2) is 11.0 Å². The molecule has 4 nitrogen and oxygen atoms in total. The maximum atomic E-state index is 12.3. The van der Waals surface area contributed by atoms with E-state index < -0.39 is 0 Å². The van der Waals surface area contributed by atoms with Crippen LogP contribution in [-0.4, -0.2) is 16.3 Å². The molecule has 1 aliphatic rings. The summed E-state index contributed by atoms with van der Waals surface area (Å²) in [5.41, 5.74) is 0.419. The third-order valence-corrected chi connectivity index (χ3v) is 4.02. The number of nitrogens with zero attached hydrogens (tertiary/aromatic N) is 2. The lowest BCUT2D eigenvalue weighted by Crippen LogP contribution is -2.31. The minimum Gasteiger partial charge on any atom is -0.379 e. The van der Waals surface area contributed by atoms with E-state index in [2.05, 4.69) is 17.3 Å². The first-order chi connectivity index (χ1) is 9.22. The Morgan fingerprint density at radius 1 is 1.47 bits per heavy atom. The van der Waals surface area contributed by atoms with Crippen LogP contribution in [0.3, 0.4) is 0 Å². The summed E-state index contributed by atoms with van der Waals surface area (Å²) < 4.78 is 1.55. The van der Waals surface area contributed by atoms with Crippen molar-refractivity contribution in [2.45, 2.75) is 52.0 Å². The second-order valence-electron chi connectivity index (χ2n) is 5.29. The summed E-state index contributed by atoms with van der Waals surface area (Å²) in [5.74, 6) is 0.610. The third-order valence-electron chi connectivity index (χ3n) is 3.74. The lowest BCUT2D eigenvalue weighted by Gasteiger charge is -2.25. The lowest BCUT2D eigenvalue weighted by atomic mass is 9.85. The fraction of sp³-hybridized carbons (Fsp3) is 0.714. The normalized spacial score (nSPS) is 15.3. The van der Waals surface area contributed by atoms with Gasteiger partial charge in [-0.25, -0.2) is 4.68 Å². The zero-order chi connectivity index (χ0) is 13.7. The van der Waals surface area contributed by atoms with Crippen molar-refractivity contribution in [1.29, 1.82) is 0 Å². The van der Waals surface area contributed by atoms with Gasteiger partial charge in [0.1, 0.15) is 5.69 Å². The minimum atomic E-state index is -0.0871. The number of rotatable bonds is 7. The minimum absolute atomic E-state index is 0.0871. The first-order valence-electron chi connectivity index (χ1n) is 7.22. The topological polar surface area (TPSA) is 46.9 Å². The van der Waals surface area contributed by atoms with Crippen molar-refractivity contribution in [1.82, 2.24) is 9.78 Å². The highest BCUT2D eigenvalue weighted by Crippen LogP contribution is 2.27. The van der Waals surface area contributed by atoms with Crippen LogP contribution >= 0.6 is 11.6 Å². The quantitative estimate of drug-likeness (QED) is 0.781. The van der Waals surface area contributed by atoms with Gasteiger partial charge in [-0.1, -0.05) is 37.8 Å². The molecule has 0 saturated heterocycles. The summed E-state index contributed by atoms with van der Waals surface area (Å²) in [6.07, 6.45) is 8.63. The van der Waals surface area contributed by atoms with Crippen molar-refractivity contribution in [2.24, 2.45) is 5.92 Å². The Hall–Kier alpha value is -1.03. The van der Waals surface area contributed by atoms with E-state index in [0.29, 0.717) is 16.6 Å². The number of anilines is 1. The molecule has 0 atom stereocenters. The van der Waals surface area contributed by atoms with Crippen molar-refractivity contribution in [3.8, 4) is 0 Å². The highest BCUT2D eigenvalue weighted by molar-refractivity contribution is 6.32. The van der Waals surface area contributed by atoms with E-state index in [0.717, 1.165) is 32.4 Å². The third kappa shape index (κ3) is 3.72. The van der Waals surface area contributed by atoms with E-state index in [-0.39, 0.29) is 5.56 Å². The van der Waals surface area contributed by atoms with E-state index in [4.69, 9.17) is 11.6 Å². The Morgan fingerprint density at radius 3 is 2.89 bits per heavy atom. The second-order valence-corrected chi connectivity index (χ2v) is 5.69. The van der Waals surface area contributed by atoms with Gasteiger partial charge in [0, 0.05) is 13.1 Å². The van der Waals surface area contributed by atoms with E-state index in [9.17, 15) is 4.79 Å². The molecule has 2 rings (SSSR count). The monoisotopic (exact) mass is 283 g/mol. The van der Waals surface area contributed by atoms with Gasteiger partial charge in [-0.15, -0.1) is 0 Å². The molecular weight excluding hydrogens is 262 g/mol. The van der Waals surface area contributed by atoms with Gasteiger partial charge in [0.15, 0.2) is 0 Å². The summed E-state index contributed by atoms with van der Waals surface area (Å²) >= 11 is 6.06. The standard InChI is InChI=1S/C14H22ClN3O/c1-2-3-4-8-16-13-12(15)9-17-18(14(13)19)10-11-6-5-7-11/h9,11,16H,2-8,10H2,1H3. The van der Waals surface area contributed by atoms with Crippen molar-refractivity contribution < 1.29 is 0 Å².